The third kappa shape index (κ3) is 6.47. The van der Waals surface area contributed by atoms with E-state index in [1.54, 1.807) is 66.7 Å². The molecule has 0 heterocycles. The summed E-state index contributed by atoms with van der Waals surface area (Å²) in [5, 5.41) is 2.83. The highest BCUT2D eigenvalue weighted by Crippen LogP contribution is 2.28. The summed E-state index contributed by atoms with van der Waals surface area (Å²) in [5.41, 5.74) is 11.9. The van der Waals surface area contributed by atoms with Crippen LogP contribution in [0.1, 0.15) is 26.3 Å². The first-order chi connectivity index (χ1) is 15.9. The predicted molar refractivity (Wildman–Crippen MR) is 120 cm³/mol. The van der Waals surface area contributed by atoms with Gasteiger partial charge in [0.15, 0.2) is 18.1 Å². The van der Waals surface area contributed by atoms with Gasteiger partial charge in [0.2, 0.25) is 5.91 Å². The molecule has 0 radical (unpaired) electrons. The van der Waals surface area contributed by atoms with Gasteiger partial charge in [0.1, 0.15) is 11.5 Å². The standard InChI is InChI=1S/C24H23N3O6/c1-31-21-12-15(2-11-20(21)32-14-22(25)28)13-27-24(30)17-5-9-19(10-6-17)33-18-7-3-16(4-8-18)23(26)29/h2-12H,13-14H2,1H3,(H2,25,28)(H2,26,29)(H,27,30). The molecule has 0 aliphatic heterocycles. The number of rotatable bonds is 10. The van der Waals surface area contributed by atoms with Crippen LogP contribution in [-0.4, -0.2) is 31.4 Å². The molecule has 0 aliphatic rings. The summed E-state index contributed by atoms with van der Waals surface area (Å²) in [5.74, 6) is 0.512. The Bertz CT molecular complexity index is 1140. The number of carbonyl (C=O) groups excluding carboxylic acids is 3. The normalized spacial score (nSPS) is 10.2. The number of hydrogen-bond acceptors (Lipinski definition) is 6. The molecule has 0 aliphatic carbocycles. The van der Waals surface area contributed by atoms with Crippen molar-refractivity contribution >= 4 is 17.7 Å². The van der Waals surface area contributed by atoms with Crippen LogP contribution in [0.2, 0.25) is 0 Å². The number of primary amides is 2. The van der Waals surface area contributed by atoms with E-state index in [1.165, 1.54) is 7.11 Å². The van der Waals surface area contributed by atoms with E-state index in [2.05, 4.69) is 5.32 Å². The number of methoxy groups -OCH3 is 1. The largest absolute Gasteiger partial charge is 0.493 e. The van der Waals surface area contributed by atoms with Crippen LogP contribution in [0, 0.1) is 0 Å². The zero-order valence-electron chi connectivity index (χ0n) is 17.9. The first kappa shape index (κ1) is 23.1. The molecule has 9 nitrogen and oxygen atoms in total. The lowest BCUT2D eigenvalue weighted by Crippen LogP contribution is -2.22. The van der Waals surface area contributed by atoms with Crippen molar-refractivity contribution in [2.45, 2.75) is 6.54 Å². The predicted octanol–water partition coefficient (Wildman–Crippen LogP) is 2.38. The molecule has 0 bridgehead atoms. The first-order valence-corrected chi connectivity index (χ1v) is 9.89. The zero-order valence-corrected chi connectivity index (χ0v) is 17.9. The lowest BCUT2D eigenvalue weighted by atomic mass is 10.1. The van der Waals surface area contributed by atoms with Gasteiger partial charge in [0.25, 0.3) is 11.8 Å². The lowest BCUT2D eigenvalue weighted by Gasteiger charge is -2.12. The molecule has 3 amide bonds. The average Bonchev–Trinajstić information content (AvgIpc) is 2.82. The minimum Gasteiger partial charge on any atom is -0.493 e. The SMILES string of the molecule is COc1cc(CNC(=O)c2ccc(Oc3ccc(C(N)=O)cc3)cc2)ccc1OCC(N)=O. The van der Waals surface area contributed by atoms with E-state index < -0.39 is 11.8 Å². The molecular weight excluding hydrogens is 426 g/mol. The van der Waals surface area contributed by atoms with Crippen molar-refractivity contribution in [1.82, 2.24) is 5.32 Å². The molecule has 0 unspecified atom stereocenters. The highest BCUT2D eigenvalue weighted by molar-refractivity contribution is 5.94. The Balaban J connectivity index is 1.57. The number of carbonyl (C=O) groups is 3. The van der Waals surface area contributed by atoms with E-state index in [9.17, 15) is 14.4 Å². The van der Waals surface area contributed by atoms with Gasteiger partial charge < -0.3 is 31.0 Å². The lowest BCUT2D eigenvalue weighted by molar-refractivity contribution is -0.119. The fourth-order valence-electron chi connectivity index (χ4n) is 2.87. The molecule has 170 valence electrons. The Morgan fingerprint density at radius 1 is 0.818 bits per heavy atom. The zero-order chi connectivity index (χ0) is 23.8. The Kier molecular flexibility index (Phi) is 7.48. The molecule has 3 aromatic carbocycles. The van der Waals surface area contributed by atoms with Crippen molar-refractivity contribution in [3.8, 4) is 23.0 Å². The third-order valence-corrected chi connectivity index (χ3v) is 4.54. The van der Waals surface area contributed by atoms with E-state index in [0.29, 0.717) is 34.1 Å². The first-order valence-electron chi connectivity index (χ1n) is 9.89. The summed E-state index contributed by atoms with van der Waals surface area (Å²) in [7, 11) is 1.48. The molecule has 33 heavy (non-hydrogen) atoms. The molecule has 0 saturated carbocycles. The van der Waals surface area contributed by atoms with Crippen molar-refractivity contribution in [3.05, 3.63) is 83.4 Å². The number of hydrogen-bond donors (Lipinski definition) is 3. The Morgan fingerprint density at radius 2 is 1.42 bits per heavy atom. The van der Waals surface area contributed by atoms with Gasteiger partial charge in [-0.25, -0.2) is 0 Å². The summed E-state index contributed by atoms with van der Waals surface area (Å²) < 4.78 is 16.3. The third-order valence-electron chi connectivity index (χ3n) is 4.54. The van der Waals surface area contributed by atoms with Crippen LogP contribution < -0.4 is 31.0 Å². The van der Waals surface area contributed by atoms with Crippen LogP contribution in [0.5, 0.6) is 23.0 Å². The van der Waals surface area contributed by atoms with Gasteiger partial charge in [-0.15, -0.1) is 0 Å². The molecule has 9 heteroatoms. The van der Waals surface area contributed by atoms with Crippen molar-refractivity contribution < 1.29 is 28.6 Å². The van der Waals surface area contributed by atoms with Crippen molar-refractivity contribution in [3.63, 3.8) is 0 Å². The molecule has 3 aromatic rings. The fourth-order valence-corrected chi connectivity index (χ4v) is 2.87. The minimum absolute atomic E-state index is 0.259. The Morgan fingerprint density at radius 3 is 1.97 bits per heavy atom. The Hall–Kier alpha value is -4.53. The maximum Gasteiger partial charge on any atom is 0.255 e. The average molecular weight is 449 g/mol. The summed E-state index contributed by atoms with van der Waals surface area (Å²) in [6.45, 7) is 0.000588. The number of nitrogens with one attached hydrogen (secondary N) is 1. The molecule has 0 spiro atoms. The van der Waals surface area contributed by atoms with E-state index >= 15 is 0 Å². The van der Waals surface area contributed by atoms with Gasteiger partial charge in [-0.1, -0.05) is 6.07 Å². The summed E-state index contributed by atoms with van der Waals surface area (Å²) in [6.07, 6.45) is 0. The molecular formula is C24H23N3O6. The second kappa shape index (κ2) is 10.7. The molecule has 0 saturated heterocycles. The number of amides is 3. The topological polar surface area (TPSA) is 143 Å². The van der Waals surface area contributed by atoms with E-state index in [4.69, 9.17) is 25.7 Å². The second-order valence-electron chi connectivity index (χ2n) is 6.94. The minimum atomic E-state index is -0.592. The highest BCUT2D eigenvalue weighted by atomic mass is 16.5. The quantitative estimate of drug-likeness (QED) is 0.434. The van der Waals surface area contributed by atoms with Gasteiger partial charge in [0, 0.05) is 17.7 Å². The molecule has 3 rings (SSSR count). The summed E-state index contributed by atoms with van der Waals surface area (Å²) in [4.78, 5) is 34.5. The molecule has 0 aromatic heterocycles. The maximum absolute atomic E-state index is 12.5. The van der Waals surface area contributed by atoms with Gasteiger partial charge in [-0.2, -0.15) is 0 Å². The smallest absolute Gasteiger partial charge is 0.255 e. The number of nitrogens with two attached hydrogens (primary N) is 2. The van der Waals surface area contributed by atoms with Gasteiger partial charge in [-0.05, 0) is 66.2 Å². The van der Waals surface area contributed by atoms with Gasteiger partial charge in [-0.3, -0.25) is 14.4 Å². The summed E-state index contributed by atoms with van der Waals surface area (Å²) in [6, 6.07) is 18.2. The monoisotopic (exact) mass is 449 g/mol. The maximum atomic E-state index is 12.5. The van der Waals surface area contributed by atoms with E-state index in [0.717, 1.165) is 5.56 Å². The van der Waals surface area contributed by atoms with E-state index in [1.807, 2.05) is 0 Å². The van der Waals surface area contributed by atoms with Gasteiger partial charge in [0.05, 0.1) is 7.11 Å². The fraction of sp³-hybridized carbons (Fsp3) is 0.125. The molecule has 0 fully saturated rings. The molecule has 5 N–H and O–H groups in total. The van der Waals surface area contributed by atoms with Crippen LogP contribution in [0.4, 0.5) is 0 Å². The molecule has 0 atom stereocenters. The van der Waals surface area contributed by atoms with Crippen LogP contribution in [0.15, 0.2) is 66.7 Å². The van der Waals surface area contributed by atoms with Crippen molar-refractivity contribution in [2.24, 2.45) is 11.5 Å². The number of benzene rings is 3. The Labute approximate surface area is 190 Å². The number of ether oxygens (including phenoxy) is 3. The van der Waals surface area contributed by atoms with Crippen molar-refractivity contribution in [2.75, 3.05) is 13.7 Å². The second-order valence-corrected chi connectivity index (χ2v) is 6.94. The van der Waals surface area contributed by atoms with E-state index in [-0.39, 0.29) is 19.1 Å². The van der Waals surface area contributed by atoms with Crippen LogP contribution in [-0.2, 0) is 11.3 Å². The highest BCUT2D eigenvalue weighted by Gasteiger charge is 2.10. The van der Waals surface area contributed by atoms with Crippen LogP contribution in [0.25, 0.3) is 0 Å². The van der Waals surface area contributed by atoms with Gasteiger partial charge >= 0.3 is 0 Å². The van der Waals surface area contributed by atoms with Crippen molar-refractivity contribution in [1.29, 1.82) is 0 Å². The van der Waals surface area contributed by atoms with Crippen LogP contribution >= 0.6 is 0 Å². The summed E-state index contributed by atoms with van der Waals surface area (Å²) >= 11 is 0. The van der Waals surface area contributed by atoms with Crippen LogP contribution in [0.3, 0.4) is 0 Å².